The van der Waals surface area contributed by atoms with Crippen LogP contribution < -0.4 is 11.5 Å². The maximum atomic E-state index is 10.8. The van der Waals surface area contributed by atoms with Crippen molar-refractivity contribution < 1.29 is 4.79 Å². The van der Waals surface area contributed by atoms with Crippen LogP contribution in [0.5, 0.6) is 0 Å². The highest BCUT2D eigenvalue weighted by Crippen LogP contribution is 2.16. The number of rotatable bonds is 5. The number of nitrogens with zero attached hydrogens (tertiary/aromatic N) is 1. The van der Waals surface area contributed by atoms with Crippen molar-refractivity contribution in [2.24, 2.45) is 11.5 Å². The molecule has 0 aromatic heterocycles. The van der Waals surface area contributed by atoms with Crippen molar-refractivity contribution in [1.29, 1.82) is 0 Å². The molecule has 0 aromatic carbocycles. The van der Waals surface area contributed by atoms with E-state index in [1.807, 2.05) is 0 Å². The minimum absolute atomic E-state index is 0.0497. The Morgan fingerprint density at radius 1 is 1.54 bits per heavy atom. The minimum atomic E-state index is -0.221. The average molecular weight is 201 g/mol. The van der Waals surface area contributed by atoms with Gasteiger partial charge in [-0.1, -0.05) is 12.2 Å². The first-order chi connectivity index (χ1) is 6.11. The molecule has 0 bridgehead atoms. The summed E-state index contributed by atoms with van der Waals surface area (Å²) in [5.74, 6) is -0.221. The van der Waals surface area contributed by atoms with E-state index in [9.17, 15) is 4.79 Å². The van der Waals surface area contributed by atoms with Crippen molar-refractivity contribution in [2.45, 2.75) is 25.3 Å². The molecule has 0 radical (unpaired) electrons. The highest BCUT2D eigenvalue weighted by atomic mass is 32.1. The zero-order valence-electron chi connectivity index (χ0n) is 7.53. The number of nitrogens with two attached hydrogens (primary N) is 2. The number of carbonyl (C=O) groups is 1. The topological polar surface area (TPSA) is 72.4 Å². The van der Waals surface area contributed by atoms with E-state index in [0.717, 1.165) is 32.4 Å². The molecular weight excluding hydrogens is 186 g/mol. The van der Waals surface area contributed by atoms with Gasteiger partial charge < -0.3 is 11.5 Å². The van der Waals surface area contributed by atoms with Gasteiger partial charge in [-0.3, -0.25) is 9.69 Å². The van der Waals surface area contributed by atoms with Crippen LogP contribution in [0.2, 0.25) is 0 Å². The summed E-state index contributed by atoms with van der Waals surface area (Å²) in [6.45, 7) is 1.83. The second-order valence-electron chi connectivity index (χ2n) is 3.31. The first-order valence-electron chi connectivity index (χ1n) is 4.43. The third kappa shape index (κ3) is 2.93. The second kappa shape index (κ2) is 4.53. The second-order valence-corrected chi connectivity index (χ2v) is 3.84. The van der Waals surface area contributed by atoms with Crippen molar-refractivity contribution in [1.82, 2.24) is 4.90 Å². The van der Waals surface area contributed by atoms with Crippen molar-refractivity contribution >= 4 is 23.1 Å². The predicted octanol–water partition coefficient (Wildman–Crippen LogP) is -0.388. The van der Waals surface area contributed by atoms with E-state index in [0.29, 0.717) is 4.99 Å². The third-order valence-electron chi connectivity index (χ3n) is 2.33. The molecule has 1 aliphatic heterocycles. The van der Waals surface area contributed by atoms with E-state index < -0.39 is 0 Å². The first-order valence-corrected chi connectivity index (χ1v) is 4.83. The Morgan fingerprint density at radius 3 is 2.62 bits per heavy atom. The molecule has 1 rings (SSSR count). The molecule has 1 unspecified atom stereocenters. The smallest absolute Gasteiger partial charge is 0.234 e. The molecule has 1 aliphatic rings. The zero-order chi connectivity index (χ0) is 9.84. The Kier molecular flexibility index (Phi) is 3.62. The van der Waals surface area contributed by atoms with E-state index in [1.54, 1.807) is 0 Å². The van der Waals surface area contributed by atoms with Crippen LogP contribution in [0, 0.1) is 0 Å². The standard InChI is InChI=1S/C8H15N3OS/c9-7(13)2-1-4-11-5-3-6(11)8(10)12/h6H,1-5H2,(H2,9,13)(H2,10,12). The fraction of sp³-hybridized carbons (Fsp3) is 0.750. The van der Waals surface area contributed by atoms with Gasteiger partial charge in [0.2, 0.25) is 5.91 Å². The summed E-state index contributed by atoms with van der Waals surface area (Å²) in [7, 11) is 0. The van der Waals surface area contributed by atoms with E-state index in [-0.39, 0.29) is 11.9 Å². The van der Waals surface area contributed by atoms with E-state index in [2.05, 4.69) is 4.90 Å². The molecule has 1 saturated heterocycles. The number of likely N-dealkylation sites (tertiary alicyclic amines) is 1. The van der Waals surface area contributed by atoms with Gasteiger partial charge in [0.1, 0.15) is 0 Å². The van der Waals surface area contributed by atoms with Crippen molar-refractivity contribution in [2.75, 3.05) is 13.1 Å². The predicted molar refractivity (Wildman–Crippen MR) is 55.2 cm³/mol. The Bertz CT molecular complexity index is 219. The van der Waals surface area contributed by atoms with Crippen LogP contribution in [0.25, 0.3) is 0 Å². The van der Waals surface area contributed by atoms with Crippen LogP contribution in [0.3, 0.4) is 0 Å². The summed E-state index contributed by atoms with van der Waals surface area (Å²) in [5.41, 5.74) is 10.5. The Labute approximate surface area is 83.2 Å². The van der Waals surface area contributed by atoms with Gasteiger partial charge >= 0.3 is 0 Å². The lowest BCUT2D eigenvalue weighted by molar-refractivity contribution is -0.127. The van der Waals surface area contributed by atoms with Gasteiger partial charge in [0.15, 0.2) is 0 Å². The molecule has 74 valence electrons. The van der Waals surface area contributed by atoms with Gasteiger partial charge in [0.25, 0.3) is 0 Å². The van der Waals surface area contributed by atoms with E-state index in [1.165, 1.54) is 0 Å². The summed E-state index contributed by atoms with van der Waals surface area (Å²) < 4.78 is 0. The Morgan fingerprint density at radius 2 is 2.23 bits per heavy atom. The molecule has 13 heavy (non-hydrogen) atoms. The maximum Gasteiger partial charge on any atom is 0.234 e. The van der Waals surface area contributed by atoms with Gasteiger partial charge in [-0.25, -0.2) is 0 Å². The largest absolute Gasteiger partial charge is 0.393 e. The molecule has 0 aromatic rings. The number of carbonyl (C=O) groups excluding carboxylic acids is 1. The normalized spacial score (nSPS) is 22.3. The fourth-order valence-corrected chi connectivity index (χ4v) is 1.63. The summed E-state index contributed by atoms with van der Waals surface area (Å²) in [4.78, 5) is 13.4. The lowest BCUT2D eigenvalue weighted by Crippen LogP contribution is -2.54. The zero-order valence-corrected chi connectivity index (χ0v) is 8.35. The average Bonchev–Trinajstić information content (AvgIpc) is 1.93. The molecule has 4 nitrogen and oxygen atoms in total. The van der Waals surface area contributed by atoms with Crippen LogP contribution in [-0.2, 0) is 4.79 Å². The maximum absolute atomic E-state index is 10.8. The van der Waals surface area contributed by atoms with Crippen molar-refractivity contribution in [3.8, 4) is 0 Å². The monoisotopic (exact) mass is 201 g/mol. The van der Waals surface area contributed by atoms with Crippen LogP contribution in [0.1, 0.15) is 19.3 Å². The molecule has 1 fully saturated rings. The molecular formula is C8H15N3OS. The number of primary amides is 1. The summed E-state index contributed by atoms with van der Waals surface area (Å²) >= 11 is 4.75. The molecule has 0 spiro atoms. The van der Waals surface area contributed by atoms with E-state index in [4.69, 9.17) is 23.7 Å². The van der Waals surface area contributed by atoms with Gasteiger partial charge in [-0.05, 0) is 25.8 Å². The number of hydrogen-bond donors (Lipinski definition) is 2. The lowest BCUT2D eigenvalue weighted by atomic mass is 10.0. The highest BCUT2D eigenvalue weighted by Gasteiger charge is 2.31. The number of amides is 1. The highest BCUT2D eigenvalue weighted by molar-refractivity contribution is 7.80. The molecule has 0 saturated carbocycles. The Balaban J connectivity index is 2.15. The number of hydrogen-bond acceptors (Lipinski definition) is 3. The third-order valence-corrected chi connectivity index (χ3v) is 2.53. The summed E-state index contributed by atoms with van der Waals surface area (Å²) in [6, 6.07) is -0.0497. The molecule has 1 heterocycles. The lowest BCUT2D eigenvalue weighted by Gasteiger charge is -2.38. The van der Waals surface area contributed by atoms with Gasteiger partial charge in [-0.2, -0.15) is 0 Å². The van der Waals surface area contributed by atoms with Crippen LogP contribution in [0.4, 0.5) is 0 Å². The molecule has 1 amide bonds. The van der Waals surface area contributed by atoms with Crippen molar-refractivity contribution in [3.05, 3.63) is 0 Å². The number of thiocarbonyl (C=S) groups is 1. The fourth-order valence-electron chi connectivity index (χ4n) is 1.49. The van der Waals surface area contributed by atoms with E-state index >= 15 is 0 Å². The summed E-state index contributed by atoms with van der Waals surface area (Å²) in [5, 5.41) is 0. The molecule has 1 atom stereocenters. The minimum Gasteiger partial charge on any atom is -0.393 e. The molecule has 0 aliphatic carbocycles. The van der Waals surface area contributed by atoms with Crippen LogP contribution >= 0.6 is 12.2 Å². The van der Waals surface area contributed by atoms with Gasteiger partial charge in [0, 0.05) is 6.54 Å². The quantitative estimate of drug-likeness (QED) is 0.594. The Hall–Kier alpha value is -0.680. The first kappa shape index (κ1) is 10.4. The summed E-state index contributed by atoms with van der Waals surface area (Å²) in [6.07, 6.45) is 2.55. The molecule has 4 N–H and O–H groups in total. The van der Waals surface area contributed by atoms with Crippen LogP contribution in [-0.4, -0.2) is 34.9 Å². The molecule has 5 heteroatoms. The van der Waals surface area contributed by atoms with Crippen molar-refractivity contribution in [3.63, 3.8) is 0 Å². The van der Waals surface area contributed by atoms with Crippen LogP contribution in [0.15, 0.2) is 0 Å². The SMILES string of the molecule is NC(=O)C1CCN1CCCC(N)=S. The van der Waals surface area contributed by atoms with Gasteiger partial charge in [0.05, 0.1) is 11.0 Å². The van der Waals surface area contributed by atoms with Gasteiger partial charge in [-0.15, -0.1) is 0 Å².